The quantitative estimate of drug-likeness (QED) is 0.488. The molecule has 3 amide bonds. The van der Waals surface area contributed by atoms with Gasteiger partial charge in [0.05, 0.1) is 0 Å². The van der Waals surface area contributed by atoms with Gasteiger partial charge >= 0.3 is 6.03 Å². The van der Waals surface area contributed by atoms with Gasteiger partial charge in [0, 0.05) is 36.1 Å². The van der Waals surface area contributed by atoms with Gasteiger partial charge in [-0.1, -0.05) is 69.7 Å². The zero-order chi connectivity index (χ0) is 21.3. The maximum atomic E-state index is 12.4. The highest BCUT2D eigenvalue weighted by atomic mass is 79.9. The smallest absolute Gasteiger partial charge is 0.317 e. The summed E-state index contributed by atoms with van der Waals surface area (Å²) in [6.45, 7) is 3.12. The molecular formula is C21H22BrN5O2S. The second kappa shape index (κ2) is 10.8. The van der Waals surface area contributed by atoms with Crippen LogP contribution < -0.4 is 10.6 Å². The Hall–Kier alpha value is -2.78. The molecule has 0 bridgehead atoms. The molecule has 0 saturated carbocycles. The first kappa shape index (κ1) is 21.9. The molecule has 1 aromatic heterocycles. The normalized spacial score (nSPS) is 10.5. The number of carbonyl (C=O) groups is 2. The summed E-state index contributed by atoms with van der Waals surface area (Å²) in [5.41, 5.74) is 1.93. The van der Waals surface area contributed by atoms with E-state index in [0.717, 1.165) is 20.6 Å². The van der Waals surface area contributed by atoms with E-state index >= 15 is 0 Å². The molecule has 156 valence electrons. The summed E-state index contributed by atoms with van der Waals surface area (Å²) in [5, 5.41) is 14.9. The first-order valence-corrected chi connectivity index (χ1v) is 11.1. The predicted molar refractivity (Wildman–Crippen MR) is 122 cm³/mol. The number of rotatable bonds is 8. The van der Waals surface area contributed by atoms with Crippen LogP contribution in [0.2, 0.25) is 0 Å². The Balaban J connectivity index is 1.58. The minimum atomic E-state index is -0.214. The topological polar surface area (TPSA) is 87.2 Å². The highest BCUT2D eigenvalue weighted by Gasteiger charge is 2.16. The molecule has 3 rings (SSSR count). The van der Waals surface area contributed by atoms with Crippen molar-refractivity contribution in [2.45, 2.75) is 19.9 Å². The molecule has 0 saturated heterocycles. The molecule has 0 aliphatic heterocycles. The molecule has 0 aliphatic carbocycles. The molecule has 0 spiro atoms. The number of carbonyl (C=O) groups excluding carboxylic acids is 2. The van der Waals surface area contributed by atoms with E-state index in [0.29, 0.717) is 24.8 Å². The molecule has 3 aromatic rings. The largest absolute Gasteiger partial charge is 0.338 e. The summed E-state index contributed by atoms with van der Waals surface area (Å²) in [5.74, 6) is -0.214. The summed E-state index contributed by atoms with van der Waals surface area (Å²) < 4.78 is 0.949. The summed E-state index contributed by atoms with van der Waals surface area (Å²) in [4.78, 5) is 26.4. The van der Waals surface area contributed by atoms with Gasteiger partial charge in [-0.05, 0) is 24.6 Å². The van der Waals surface area contributed by atoms with Crippen LogP contribution in [0.1, 0.15) is 18.9 Å². The van der Waals surface area contributed by atoms with Crippen molar-refractivity contribution in [3.63, 3.8) is 0 Å². The van der Waals surface area contributed by atoms with Gasteiger partial charge in [0.1, 0.15) is 5.01 Å². The van der Waals surface area contributed by atoms with Crippen LogP contribution in [0.15, 0.2) is 59.1 Å². The lowest BCUT2D eigenvalue weighted by molar-refractivity contribution is -0.116. The number of nitrogens with one attached hydrogen (secondary N) is 2. The van der Waals surface area contributed by atoms with Crippen LogP contribution in [0.5, 0.6) is 0 Å². The van der Waals surface area contributed by atoms with Crippen LogP contribution in [0.25, 0.3) is 10.6 Å². The van der Waals surface area contributed by atoms with Gasteiger partial charge in [0.15, 0.2) is 0 Å². The van der Waals surface area contributed by atoms with Crippen molar-refractivity contribution < 1.29 is 9.59 Å². The summed E-state index contributed by atoms with van der Waals surface area (Å²) in [6, 6.07) is 17.2. The van der Waals surface area contributed by atoms with Gasteiger partial charge in [-0.25, -0.2) is 4.79 Å². The Morgan fingerprint density at radius 3 is 2.63 bits per heavy atom. The van der Waals surface area contributed by atoms with Gasteiger partial charge in [0.2, 0.25) is 11.0 Å². The van der Waals surface area contributed by atoms with Gasteiger partial charge < -0.3 is 15.5 Å². The monoisotopic (exact) mass is 487 g/mol. The van der Waals surface area contributed by atoms with Crippen molar-refractivity contribution in [2.24, 2.45) is 0 Å². The van der Waals surface area contributed by atoms with E-state index in [1.807, 2.05) is 61.5 Å². The number of benzene rings is 2. The number of hydrogen-bond acceptors (Lipinski definition) is 5. The molecule has 9 heteroatoms. The van der Waals surface area contributed by atoms with E-state index in [4.69, 9.17) is 0 Å². The molecule has 0 radical (unpaired) electrons. The lowest BCUT2D eigenvalue weighted by atomic mass is 10.2. The van der Waals surface area contributed by atoms with E-state index in [1.165, 1.54) is 11.3 Å². The van der Waals surface area contributed by atoms with Crippen LogP contribution in [-0.4, -0.2) is 40.1 Å². The molecule has 0 fully saturated rings. The van der Waals surface area contributed by atoms with Crippen LogP contribution >= 0.6 is 27.3 Å². The van der Waals surface area contributed by atoms with E-state index in [2.05, 4.69) is 36.8 Å². The summed E-state index contributed by atoms with van der Waals surface area (Å²) >= 11 is 4.74. The third-order valence-electron chi connectivity index (χ3n) is 4.18. The fraction of sp³-hybridized carbons (Fsp3) is 0.238. The van der Waals surface area contributed by atoms with Gasteiger partial charge in [-0.3, -0.25) is 4.79 Å². The zero-order valence-corrected chi connectivity index (χ0v) is 18.9. The second-order valence-corrected chi connectivity index (χ2v) is 8.36. The average Bonchev–Trinajstić information content (AvgIpc) is 3.20. The number of hydrogen-bond donors (Lipinski definition) is 2. The van der Waals surface area contributed by atoms with Crippen molar-refractivity contribution in [2.75, 3.05) is 18.4 Å². The maximum absolute atomic E-state index is 12.4. The molecule has 0 unspecified atom stereocenters. The molecule has 7 nitrogen and oxygen atoms in total. The van der Waals surface area contributed by atoms with Crippen molar-refractivity contribution in [3.05, 3.63) is 64.6 Å². The Bertz CT molecular complexity index is 996. The summed E-state index contributed by atoms with van der Waals surface area (Å²) in [7, 11) is 0. The second-order valence-electron chi connectivity index (χ2n) is 6.46. The van der Waals surface area contributed by atoms with Crippen LogP contribution in [0.4, 0.5) is 9.93 Å². The van der Waals surface area contributed by atoms with E-state index in [1.54, 1.807) is 4.90 Å². The number of urea groups is 1. The standard InChI is InChI=1S/C21H22BrN5O2S/c1-2-23-21(29)27(14-15-7-4-3-5-8-15)12-11-18(28)24-20-26-25-19(30-20)16-9-6-10-17(22)13-16/h3-10,13H,2,11-12,14H2,1H3,(H,23,29)(H,24,26,28). The molecule has 0 aliphatic rings. The average molecular weight is 488 g/mol. The number of anilines is 1. The van der Waals surface area contributed by atoms with Crippen LogP contribution in [0, 0.1) is 0 Å². The third-order valence-corrected chi connectivity index (χ3v) is 5.56. The molecule has 0 atom stereocenters. The fourth-order valence-electron chi connectivity index (χ4n) is 2.75. The minimum absolute atomic E-state index is 0.162. The highest BCUT2D eigenvalue weighted by molar-refractivity contribution is 9.10. The number of halogens is 1. The Morgan fingerprint density at radius 1 is 1.10 bits per heavy atom. The summed E-state index contributed by atoms with van der Waals surface area (Å²) in [6.07, 6.45) is 0.162. The van der Waals surface area contributed by atoms with Gasteiger partial charge in [0.25, 0.3) is 0 Å². The van der Waals surface area contributed by atoms with E-state index in [-0.39, 0.29) is 18.4 Å². The molecule has 2 aromatic carbocycles. The molecule has 30 heavy (non-hydrogen) atoms. The van der Waals surface area contributed by atoms with Crippen LogP contribution in [-0.2, 0) is 11.3 Å². The number of amides is 3. The first-order valence-electron chi connectivity index (χ1n) is 9.51. The van der Waals surface area contributed by atoms with Crippen molar-refractivity contribution in [1.29, 1.82) is 0 Å². The van der Waals surface area contributed by atoms with E-state index < -0.39 is 0 Å². The van der Waals surface area contributed by atoms with Crippen molar-refractivity contribution in [3.8, 4) is 10.6 Å². The molecule has 1 heterocycles. The SMILES string of the molecule is CCNC(=O)N(CCC(=O)Nc1nnc(-c2cccc(Br)c2)s1)Cc1ccccc1. The Labute approximate surface area is 187 Å². The maximum Gasteiger partial charge on any atom is 0.317 e. The molecule has 2 N–H and O–H groups in total. The minimum Gasteiger partial charge on any atom is -0.338 e. The van der Waals surface area contributed by atoms with Gasteiger partial charge in [-0.15, -0.1) is 10.2 Å². The lowest BCUT2D eigenvalue weighted by Crippen LogP contribution is -2.40. The van der Waals surface area contributed by atoms with Gasteiger partial charge in [-0.2, -0.15) is 0 Å². The van der Waals surface area contributed by atoms with E-state index in [9.17, 15) is 9.59 Å². The number of aromatic nitrogens is 2. The van der Waals surface area contributed by atoms with Crippen molar-refractivity contribution >= 4 is 44.3 Å². The predicted octanol–water partition coefficient (Wildman–Crippen LogP) is 4.53. The Morgan fingerprint density at radius 2 is 1.90 bits per heavy atom. The fourth-order valence-corrected chi connectivity index (χ4v) is 3.90. The first-order chi connectivity index (χ1) is 14.5. The Kier molecular flexibility index (Phi) is 7.92. The zero-order valence-electron chi connectivity index (χ0n) is 16.5. The third kappa shape index (κ3) is 6.36. The lowest BCUT2D eigenvalue weighted by Gasteiger charge is -2.22. The highest BCUT2D eigenvalue weighted by Crippen LogP contribution is 2.28. The molecular weight excluding hydrogens is 466 g/mol. The van der Waals surface area contributed by atoms with Crippen LogP contribution in [0.3, 0.4) is 0 Å². The van der Waals surface area contributed by atoms with Crippen molar-refractivity contribution in [1.82, 2.24) is 20.4 Å². The number of nitrogens with zero attached hydrogens (tertiary/aromatic N) is 3.